The third-order valence-corrected chi connectivity index (χ3v) is 7.90. The van der Waals surface area contributed by atoms with Crippen LogP contribution in [0.1, 0.15) is 49.6 Å². The van der Waals surface area contributed by atoms with Gasteiger partial charge in [-0.3, -0.25) is 4.98 Å². The lowest BCUT2D eigenvalue weighted by Crippen LogP contribution is -2.28. The van der Waals surface area contributed by atoms with E-state index < -0.39 is 23.3 Å². The van der Waals surface area contributed by atoms with Crippen LogP contribution in [0.5, 0.6) is 0 Å². The summed E-state index contributed by atoms with van der Waals surface area (Å²) in [6, 6.07) is 11.1. The maximum absolute atomic E-state index is 15.6. The Bertz CT molecular complexity index is 1660. The minimum absolute atomic E-state index is 0.0284. The highest BCUT2D eigenvalue weighted by Crippen LogP contribution is 2.43. The van der Waals surface area contributed by atoms with Gasteiger partial charge in [0.1, 0.15) is 11.6 Å². The molecule has 1 aliphatic heterocycles. The fourth-order valence-electron chi connectivity index (χ4n) is 5.97. The van der Waals surface area contributed by atoms with Crippen LogP contribution in [0.4, 0.5) is 8.78 Å². The number of rotatable bonds is 5. The lowest BCUT2D eigenvalue weighted by Gasteiger charge is -2.33. The third-order valence-electron chi connectivity index (χ3n) is 7.90. The lowest BCUT2D eigenvalue weighted by molar-refractivity contribution is 0.0543. The average Bonchev–Trinajstić information content (AvgIpc) is 3.41. The van der Waals surface area contributed by atoms with Crippen LogP contribution in [0.3, 0.4) is 0 Å². The molecule has 2 aromatic carbocycles. The fourth-order valence-corrected chi connectivity index (χ4v) is 5.97. The van der Waals surface area contributed by atoms with Crippen molar-refractivity contribution in [2.75, 3.05) is 13.2 Å². The van der Waals surface area contributed by atoms with E-state index in [9.17, 15) is 5.11 Å². The smallest absolute Gasteiger partial charge is 0.131 e. The predicted octanol–water partition coefficient (Wildman–Crippen LogP) is 5.82. The number of pyridine rings is 1. The summed E-state index contributed by atoms with van der Waals surface area (Å²) in [5.41, 5.74) is 4.22. The summed E-state index contributed by atoms with van der Waals surface area (Å²) in [5, 5.41) is 20.0. The summed E-state index contributed by atoms with van der Waals surface area (Å²) in [6.07, 6.45) is 3.10. The van der Waals surface area contributed by atoms with Gasteiger partial charge in [0.15, 0.2) is 0 Å². The number of hydrogen-bond acceptors (Lipinski definition) is 5. The number of aliphatic hydroxyl groups is 1. The van der Waals surface area contributed by atoms with E-state index in [4.69, 9.17) is 9.72 Å². The van der Waals surface area contributed by atoms with E-state index >= 15 is 8.78 Å². The van der Waals surface area contributed by atoms with E-state index in [1.807, 2.05) is 42.8 Å². The van der Waals surface area contributed by atoms with Gasteiger partial charge in [0.2, 0.25) is 0 Å². The molecule has 9 heteroatoms. The van der Waals surface area contributed by atoms with E-state index in [-0.39, 0.29) is 11.5 Å². The molecule has 0 saturated carbocycles. The number of hydrogen-bond donors (Lipinski definition) is 1. The second-order valence-electron chi connectivity index (χ2n) is 10.9. The van der Waals surface area contributed by atoms with Crippen molar-refractivity contribution in [3.8, 4) is 11.3 Å². The van der Waals surface area contributed by atoms with Gasteiger partial charge in [-0.25, -0.2) is 13.5 Å². The Morgan fingerprint density at radius 3 is 2.41 bits per heavy atom. The Labute approximate surface area is 225 Å². The van der Waals surface area contributed by atoms with Crippen LogP contribution < -0.4 is 0 Å². The van der Waals surface area contributed by atoms with Gasteiger partial charge in [-0.15, -0.1) is 5.10 Å². The molecule has 39 heavy (non-hydrogen) atoms. The summed E-state index contributed by atoms with van der Waals surface area (Å²) < 4.78 is 40.5. The van der Waals surface area contributed by atoms with Crippen LogP contribution in [0.25, 0.3) is 33.2 Å². The molecule has 1 atom stereocenters. The molecule has 1 saturated heterocycles. The molecular weight excluding hydrogens is 500 g/mol. The van der Waals surface area contributed by atoms with Gasteiger partial charge < -0.3 is 14.4 Å². The number of nitrogens with zero attached hydrogens (tertiary/aromatic N) is 5. The Morgan fingerprint density at radius 2 is 1.77 bits per heavy atom. The van der Waals surface area contributed by atoms with Crippen LogP contribution in [0, 0.1) is 24.5 Å². The molecule has 5 aromatic rings. The zero-order valence-electron chi connectivity index (χ0n) is 22.4. The summed E-state index contributed by atoms with van der Waals surface area (Å²) in [7, 11) is 1.82. The Morgan fingerprint density at radius 1 is 1.05 bits per heavy atom. The molecule has 1 aliphatic rings. The highest BCUT2D eigenvalue weighted by molar-refractivity contribution is 6.07. The number of halogens is 2. The SMILES string of the molecule is Cc1nnn(C)c1-c1cnc2c3ccc(C(C)(C)O)cc3n([C@@H](c3c(F)cccc3F)C3CCOCC3)c2c1. The summed E-state index contributed by atoms with van der Waals surface area (Å²) >= 11 is 0. The minimum atomic E-state index is -1.11. The van der Waals surface area contributed by atoms with Gasteiger partial charge in [-0.1, -0.05) is 23.4 Å². The molecule has 1 N–H and O–H groups in total. The maximum Gasteiger partial charge on any atom is 0.131 e. The number of benzene rings is 2. The van der Waals surface area contributed by atoms with Crippen LogP contribution in [0.2, 0.25) is 0 Å². The van der Waals surface area contributed by atoms with Crippen LogP contribution in [-0.4, -0.2) is 42.9 Å². The monoisotopic (exact) mass is 531 g/mol. The number of fused-ring (bicyclic) bond motifs is 3. The molecule has 0 unspecified atom stereocenters. The third kappa shape index (κ3) is 4.30. The van der Waals surface area contributed by atoms with Gasteiger partial charge in [-0.2, -0.15) is 0 Å². The normalized spacial score (nSPS) is 15.9. The molecule has 1 fully saturated rings. The summed E-state index contributed by atoms with van der Waals surface area (Å²) in [5.74, 6) is -1.26. The largest absolute Gasteiger partial charge is 0.386 e. The Kier molecular flexibility index (Phi) is 6.23. The molecule has 3 aromatic heterocycles. The van der Waals surface area contributed by atoms with Crippen molar-refractivity contribution >= 4 is 21.9 Å². The van der Waals surface area contributed by atoms with Crippen molar-refractivity contribution in [2.24, 2.45) is 13.0 Å². The first-order valence-corrected chi connectivity index (χ1v) is 13.2. The van der Waals surface area contributed by atoms with Gasteiger partial charge in [0, 0.05) is 43.0 Å². The second-order valence-corrected chi connectivity index (χ2v) is 10.9. The van der Waals surface area contributed by atoms with Crippen LogP contribution >= 0.6 is 0 Å². The molecular formula is C30H31F2N5O2. The molecule has 0 amide bonds. The first kappa shape index (κ1) is 25.6. The molecule has 4 heterocycles. The summed E-state index contributed by atoms with van der Waals surface area (Å²) in [6.45, 7) is 6.38. The van der Waals surface area contributed by atoms with E-state index in [2.05, 4.69) is 10.3 Å². The molecule has 7 nitrogen and oxygen atoms in total. The summed E-state index contributed by atoms with van der Waals surface area (Å²) in [4.78, 5) is 4.86. The maximum atomic E-state index is 15.6. The molecule has 202 valence electrons. The minimum Gasteiger partial charge on any atom is -0.386 e. The van der Waals surface area contributed by atoms with Crippen LogP contribution in [0.15, 0.2) is 48.7 Å². The first-order valence-electron chi connectivity index (χ1n) is 13.2. The highest BCUT2D eigenvalue weighted by atomic mass is 19.1. The van der Waals surface area contributed by atoms with Crippen molar-refractivity contribution in [1.82, 2.24) is 24.5 Å². The number of ether oxygens (including phenoxy) is 1. The molecule has 6 rings (SSSR count). The standard InChI is InChI=1S/C30H31F2N5O2/c1-17-28(36(4)35-34-17)19-14-25-27(33-16-19)21-9-8-20(30(2,3)38)15-24(21)37(25)29(18-10-12-39-13-11-18)26-22(31)6-5-7-23(26)32/h5-9,14-16,18,29,38H,10-13H2,1-4H3/t29-/m1/s1. The van der Waals surface area contributed by atoms with E-state index in [1.165, 1.54) is 18.2 Å². The van der Waals surface area contributed by atoms with E-state index in [1.54, 1.807) is 24.7 Å². The van der Waals surface area contributed by atoms with Gasteiger partial charge in [0.05, 0.1) is 39.6 Å². The van der Waals surface area contributed by atoms with Gasteiger partial charge in [-0.05, 0) is 69.4 Å². The lowest BCUT2D eigenvalue weighted by atomic mass is 9.86. The average molecular weight is 532 g/mol. The zero-order chi connectivity index (χ0) is 27.5. The number of aromatic nitrogens is 5. The Balaban J connectivity index is 1.73. The fraction of sp³-hybridized carbons (Fsp3) is 0.367. The topological polar surface area (TPSA) is 78.0 Å². The van der Waals surface area contributed by atoms with Gasteiger partial charge >= 0.3 is 0 Å². The van der Waals surface area contributed by atoms with Crippen molar-refractivity contribution in [3.05, 3.63) is 77.1 Å². The van der Waals surface area contributed by atoms with E-state index in [0.717, 1.165) is 38.9 Å². The molecule has 0 aliphatic carbocycles. The zero-order valence-corrected chi connectivity index (χ0v) is 22.4. The number of aryl methyl sites for hydroxylation is 2. The van der Waals surface area contributed by atoms with Gasteiger partial charge in [0.25, 0.3) is 0 Å². The molecule has 0 spiro atoms. The quantitative estimate of drug-likeness (QED) is 0.310. The van der Waals surface area contributed by atoms with E-state index in [0.29, 0.717) is 31.6 Å². The highest BCUT2D eigenvalue weighted by Gasteiger charge is 2.34. The predicted molar refractivity (Wildman–Crippen MR) is 145 cm³/mol. The van der Waals surface area contributed by atoms with Crippen molar-refractivity contribution in [3.63, 3.8) is 0 Å². The second kappa shape index (κ2) is 9.50. The van der Waals surface area contributed by atoms with Crippen molar-refractivity contribution in [2.45, 2.75) is 45.3 Å². The molecule has 0 radical (unpaired) electrons. The van der Waals surface area contributed by atoms with Crippen molar-refractivity contribution in [1.29, 1.82) is 0 Å². The van der Waals surface area contributed by atoms with Crippen molar-refractivity contribution < 1.29 is 18.6 Å². The molecule has 0 bridgehead atoms. The first-order chi connectivity index (χ1) is 18.6. The Hall–Kier alpha value is -3.69. The van der Waals surface area contributed by atoms with Crippen LogP contribution in [-0.2, 0) is 17.4 Å².